The number of hydrogen-bond donors (Lipinski definition) is 1. The smallest absolute Gasteiger partial charge is 0.126 e. The summed E-state index contributed by atoms with van der Waals surface area (Å²) >= 11 is 0. The van der Waals surface area contributed by atoms with E-state index in [4.69, 9.17) is 19.3 Å². The van der Waals surface area contributed by atoms with Crippen LogP contribution in [0.1, 0.15) is 68.1 Å². The molecule has 170 valence electrons. The first-order valence-electron chi connectivity index (χ1n) is 11.4. The van der Waals surface area contributed by atoms with Crippen molar-refractivity contribution in [2.75, 3.05) is 27.9 Å². The van der Waals surface area contributed by atoms with Crippen LogP contribution < -0.4 is 14.2 Å². The van der Waals surface area contributed by atoms with Gasteiger partial charge in [-0.2, -0.15) is 0 Å². The van der Waals surface area contributed by atoms with Gasteiger partial charge in [0, 0.05) is 12.2 Å². The van der Waals surface area contributed by atoms with Gasteiger partial charge in [-0.05, 0) is 54.7 Å². The van der Waals surface area contributed by atoms with Crippen LogP contribution >= 0.6 is 0 Å². The van der Waals surface area contributed by atoms with Crippen molar-refractivity contribution in [3.63, 3.8) is 0 Å². The fraction of sp³-hybridized carbons (Fsp3) is 0.481. The van der Waals surface area contributed by atoms with Crippen molar-refractivity contribution in [2.45, 2.75) is 57.8 Å². The first-order chi connectivity index (χ1) is 15.2. The first-order valence-corrected chi connectivity index (χ1v) is 11.4. The zero-order valence-corrected chi connectivity index (χ0v) is 19.4. The molecule has 0 spiro atoms. The third-order valence-electron chi connectivity index (χ3n) is 5.55. The molecule has 0 fully saturated rings. The molecule has 0 radical (unpaired) electrons. The summed E-state index contributed by atoms with van der Waals surface area (Å²) in [5.41, 5.74) is 3.31. The summed E-state index contributed by atoms with van der Waals surface area (Å²) in [6.45, 7) is 0.319. The maximum absolute atomic E-state index is 8.82. The summed E-state index contributed by atoms with van der Waals surface area (Å²) < 4.78 is 16.6. The molecule has 0 bridgehead atoms. The molecule has 0 aliphatic heterocycles. The highest BCUT2D eigenvalue weighted by atomic mass is 16.5. The number of benzene rings is 2. The summed E-state index contributed by atoms with van der Waals surface area (Å²) in [6.07, 6.45) is 14.6. The number of rotatable bonds is 15. The summed E-state index contributed by atoms with van der Waals surface area (Å²) in [5, 5.41) is 8.82. The Morgan fingerprint density at radius 2 is 1.16 bits per heavy atom. The van der Waals surface area contributed by atoms with E-state index in [0.717, 1.165) is 59.6 Å². The fourth-order valence-corrected chi connectivity index (χ4v) is 3.73. The molecule has 0 unspecified atom stereocenters. The van der Waals surface area contributed by atoms with Crippen LogP contribution in [0, 0.1) is 0 Å². The van der Waals surface area contributed by atoms with Crippen LogP contribution in [-0.4, -0.2) is 33.0 Å². The topological polar surface area (TPSA) is 47.9 Å². The number of aliphatic hydroxyl groups excluding tert-OH is 1. The van der Waals surface area contributed by atoms with E-state index in [1.165, 1.54) is 32.1 Å². The van der Waals surface area contributed by atoms with E-state index < -0.39 is 0 Å². The second-order valence-corrected chi connectivity index (χ2v) is 7.81. The van der Waals surface area contributed by atoms with Gasteiger partial charge >= 0.3 is 0 Å². The summed E-state index contributed by atoms with van der Waals surface area (Å²) in [5.74, 6) is 2.63. The number of ether oxygens (including phenoxy) is 3. The fourth-order valence-electron chi connectivity index (χ4n) is 3.73. The van der Waals surface area contributed by atoms with E-state index in [0.29, 0.717) is 6.61 Å². The molecule has 2 rings (SSSR count). The van der Waals surface area contributed by atoms with E-state index in [1.807, 2.05) is 24.3 Å². The van der Waals surface area contributed by atoms with Gasteiger partial charge in [-0.3, -0.25) is 0 Å². The third kappa shape index (κ3) is 8.66. The minimum Gasteiger partial charge on any atom is -0.497 e. The molecular formula is C27H38O4. The van der Waals surface area contributed by atoms with Crippen molar-refractivity contribution < 1.29 is 19.3 Å². The molecule has 4 nitrogen and oxygen atoms in total. The lowest BCUT2D eigenvalue weighted by molar-refractivity contribution is 0.282. The second-order valence-electron chi connectivity index (χ2n) is 7.81. The van der Waals surface area contributed by atoms with Gasteiger partial charge in [0.1, 0.15) is 17.2 Å². The van der Waals surface area contributed by atoms with Gasteiger partial charge in [0.15, 0.2) is 0 Å². The molecular weight excluding hydrogens is 388 g/mol. The molecule has 31 heavy (non-hydrogen) atoms. The van der Waals surface area contributed by atoms with Gasteiger partial charge < -0.3 is 19.3 Å². The number of unbranched alkanes of at least 4 members (excludes halogenated alkanes) is 7. The summed E-state index contributed by atoms with van der Waals surface area (Å²) in [4.78, 5) is 0. The number of hydrogen-bond acceptors (Lipinski definition) is 4. The van der Waals surface area contributed by atoms with Crippen molar-refractivity contribution in [1.82, 2.24) is 0 Å². The Morgan fingerprint density at radius 3 is 1.68 bits per heavy atom. The quantitative estimate of drug-likeness (QED) is 0.259. The lowest BCUT2D eigenvalue weighted by atomic mass is 10.0. The van der Waals surface area contributed by atoms with Crippen molar-refractivity contribution >= 4 is 12.2 Å². The molecule has 1 N–H and O–H groups in total. The maximum atomic E-state index is 8.82. The molecule has 0 aliphatic rings. The lowest BCUT2D eigenvalue weighted by Crippen LogP contribution is -1.98. The Labute approximate surface area is 187 Å². The first kappa shape index (κ1) is 24.8. The highest BCUT2D eigenvalue weighted by molar-refractivity contribution is 5.72. The van der Waals surface area contributed by atoms with Gasteiger partial charge in [-0.15, -0.1) is 0 Å². The van der Waals surface area contributed by atoms with Crippen molar-refractivity contribution in [2.24, 2.45) is 0 Å². The average Bonchev–Trinajstić information content (AvgIpc) is 2.81. The van der Waals surface area contributed by atoms with Crippen LogP contribution in [0.5, 0.6) is 17.2 Å². The van der Waals surface area contributed by atoms with Gasteiger partial charge in [0.2, 0.25) is 0 Å². The number of methoxy groups -OCH3 is 3. The van der Waals surface area contributed by atoms with E-state index in [1.54, 1.807) is 21.3 Å². The third-order valence-corrected chi connectivity index (χ3v) is 5.55. The van der Waals surface area contributed by atoms with Gasteiger partial charge in [0.25, 0.3) is 0 Å². The molecule has 2 aromatic carbocycles. The standard InChI is InChI=1S/C27H38O4/c1-29-24-17-15-22(16-18-24)13-14-23-20-26(30-2)25(27(21-23)31-3)12-10-8-6-4-5-7-9-11-19-28/h13-18,20-21,28H,4-12,19H2,1-3H3/b14-13+. The molecule has 0 heterocycles. The summed E-state index contributed by atoms with van der Waals surface area (Å²) in [7, 11) is 5.12. The predicted octanol–water partition coefficient (Wildman–Crippen LogP) is 6.54. The van der Waals surface area contributed by atoms with Crippen LogP contribution in [0.2, 0.25) is 0 Å². The van der Waals surface area contributed by atoms with Crippen molar-refractivity contribution in [3.05, 3.63) is 53.1 Å². The highest BCUT2D eigenvalue weighted by Gasteiger charge is 2.11. The van der Waals surface area contributed by atoms with Crippen LogP contribution in [0.25, 0.3) is 12.2 Å². The predicted molar refractivity (Wildman–Crippen MR) is 129 cm³/mol. The molecule has 2 aromatic rings. The molecule has 0 saturated carbocycles. The minimum absolute atomic E-state index is 0.319. The SMILES string of the molecule is COc1ccc(/C=C/c2cc(OC)c(CCCCCCCCCCO)c(OC)c2)cc1. The van der Waals surface area contributed by atoms with Crippen LogP contribution in [0.4, 0.5) is 0 Å². The lowest BCUT2D eigenvalue weighted by Gasteiger charge is -2.14. The van der Waals surface area contributed by atoms with E-state index in [-0.39, 0.29) is 0 Å². The van der Waals surface area contributed by atoms with Gasteiger partial charge in [-0.1, -0.05) is 62.8 Å². The zero-order chi connectivity index (χ0) is 22.3. The van der Waals surface area contributed by atoms with E-state index in [9.17, 15) is 0 Å². The monoisotopic (exact) mass is 426 g/mol. The normalized spacial score (nSPS) is 11.1. The van der Waals surface area contributed by atoms with Crippen molar-refractivity contribution in [3.8, 4) is 17.2 Å². The Morgan fingerprint density at radius 1 is 0.645 bits per heavy atom. The van der Waals surface area contributed by atoms with E-state index >= 15 is 0 Å². The van der Waals surface area contributed by atoms with Crippen LogP contribution in [0.15, 0.2) is 36.4 Å². The van der Waals surface area contributed by atoms with Gasteiger partial charge in [0.05, 0.1) is 21.3 Å². The minimum atomic E-state index is 0.319. The second kappa shape index (κ2) is 14.5. The molecule has 0 atom stereocenters. The molecule has 4 heteroatoms. The van der Waals surface area contributed by atoms with Crippen molar-refractivity contribution in [1.29, 1.82) is 0 Å². The van der Waals surface area contributed by atoms with Crippen LogP contribution in [0.3, 0.4) is 0 Å². The van der Waals surface area contributed by atoms with E-state index in [2.05, 4.69) is 24.3 Å². The number of aliphatic hydroxyl groups is 1. The van der Waals surface area contributed by atoms with Crippen LogP contribution in [-0.2, 0) is 6.42 Å². The Bertz CT molecular complexity index is 755. The molecule has 0 saturated heterocycles. The maximum Gasteiger partial charge on any atom is 0.126 e. The Hall–Kier alpha value is -2.46. The zero-order valence-electron chi connectivity index (χ0n) is 19.4. The molecule has 0 amide bonds. The largest absolute Gasteiger partial charge is 0.497 e. The van der Waals surface area contributed by atoms with Gasteiger partial charge in [-0.25, -0.2) is 0 Å². The highest BCUT2D eigenvalue weighted by Crippen LogP contribution is 2.33. The Kier molecular flexibility index (Phi) is 11.6. The summed E-state index contributed by atoms with van der Waals surface area (Å²) in [6, 6.07) is 12.1. The Balaban J connectivity index is 1.92. The molecule has 0 aliphatic carbocycles. The average molecular weight is 427 g/mol. The molecule has 0 aromatic heterocycles.